The van der Waals surface area contributed by atoms with Crippen LogP contribution in [0.1, 0.15) is 31.8 Å². The molecule has 0 heterocycles. The smallest absolute Gasteiger partial charge is 0.224 e. The Labute approximate surface area is 195 Å². The van der Waals surface area contributed by atoms with Crippen molar-refractivity contribution in [3.05, 3.63) is 136 Å². The Hall–Kier alpha value is -3.34. The maximum Gasteiger partial charge on any atom is 0.224 e. The lowest BCUT2D eigenvalue weighted by atomic mass is 10.1. The summed E-state index contributed by atoms with van der Waals surface area (Å²) < 4.78 is 0.699. The van der Waals surface area contributed by atoms with E-state index < -0.39 is 0 Å². The van der Waals surface area contributed by atoms with Crippen molar-refractivity contribution in [1.82, 2.24) is 0 Å². The van der Waals surface area contributed by atoms with Crippen LogP contribution in [0.3, 0.4) is 0 Å². The molecule has 0 fully saturated rings. The van der Waals surface area contributed by atoms with Gasteiger partial charge in [-0.05, 0) is 45.8 Å². The zero-order chi connectivity index (χ0) is 21.9. The fourth-order valence-corrected chi connectivity index (χ4v) is 5.90. The Morgan fingerprint density at radius 1 is 0.438 bits per heavy atom. The molecule has 2 nitrogen and oxygen atoms in total. The first-order valence-electron chi connectivity index (χ1n) is 10.2. The summed E-state index contributed by atoms with van der Waals surface area (Å²) in [4.78, 5) is 26.3. The van der Waals surface area contributed by atoms with E-state index in [9.17, 15) is 9.59 Å². The standard InChI is InChI=1S/C28H18O2S2/c29-26(19-11-3-1-4-12-19)31-28(32-27(30)20-13-5-2-6-14-20)25-23-17-9-7-15-21(23)22-16-8-10-18-24(22)25/h1-18H. The highest BCUT2D eigenvalue weighted by atomic mass is 32.2. The van der Waals surface area contributed by atoms with Gasteiger partial charge in [0.25, 0.3) is 0 Å². The minimum Gasteiger partial charge on any atom is -0.281 e. The summed E-state index contributed by atoms with van der Waals surface area (Å²) in [5, 5.41) is -0.161. The van der Waals surface area contributed by atoms with Crippen molar-refractivity contribution >= 4 is 39.3 Å². The van der Waals surface area contributed by atoms with E-state index in [0.29, 0.717) is 15.4 Å². The molecular weight excluding hydrogens is 432 g/mol. The highest BCUT2D eigenvalue weighted by Gasteiger charge is 2.28. The number of thioether (sulfide) groups is 2. The zero-order valence-corrected chi connectivity index (χ0v) is 18.7. The first kappa shape index (κ1) is 20.6. The normalized spacial score (nSPS) is 11.6. The molecule has 0 aromatic heterocycles. The summed E-state index contributed by atoms with van der Waals surface area (Å²) in [7, 11) is 0. The molecule has 4 aromatic rings. The highest BCUT2D eigenvalue weighted by molar-refractivity contribution is 8.35. The SMILES string of the molecule is O=C(SC(SC(=O)c1ccccc1)=C1c2ccccc2-c2ccccc21)c1ccccc1. The van der Waals surface area contributed by atoms with Crippen LogP contribution in [-0.2, 0) is 0 Å². The molecule has 0 unspecified atom stereocenters. The summed E-state index contributed by atoms with van der Waals surface area (Å²) in [6.07, 6.45) is 0. The fraction of sp³-hybridized carbons (Fsp3) is 0. The van der Waals surface area contributed by atoms with Crippen LogP contribution in [0.5, 0.6) is 0 Å². The van der Waals surface area contributed by atoms with Gasteiger partial charge in [0, 0.05) is 16.7 Å². The van der Waals surface area contributed by atoms with Gasteiger partial charge < -0.3 is 0 Å². The third-order valence-electron chi connectivity index (χ3n) is 5.28. The van der Waals surface area contributed by atoms with E-state index in [4.69, 9.17) is 0 Å². The minimum atomic E-state index is -0.0803. The average molecular weight is 451 g/mol. The van der Waals surface area contributed by atoms with E-state index in [1.54, 1.807) is 24.3 Å². The van der Waals surface area contributed by atoms with Gasteiger partial charge in [0.05, 0.1) is 4.24 Å². The van der Waals surface area contributed by atoms with E-state index in [1.807, 2.05) is 60.7 Å². The summed E-state index contributed by atoms with van der Waals surface area (Å²) in [5.74, 6) is 0. The molecule has 0 atom stereocenters. The molecule has 0 spiro atoms. The highest BCUT2D eigenvalue weighted by Crippen LogP contribution is 2.50. The van der Waals surface area contributed by atoms with Crippen LogP contribution in [0.2, 0.25) is 0 Å². The van der Waals surface area contributed by atoms with Gasteiger partial charge in [0.1, 0.15) is 0 Å². The lowest BCUT2D eigenvalue weighted by Gasteiger charge is -2.12. The third-order valence-corrected chi connectivity index (χ3v) is 7.40. The number of carbonyl (C=O) groups excluding carboxylic acids is 2. The van der Waals surface area contributed by atoms with Gasteiger partial charge in [-0.1, -0.05) is 109 Å². The summed E-state index contributed by atoms with van der Waals surface area (Å²) in [6.45, 7) is 0. The second-order valence-corrected chi connectivity index (χ2v) is 9.49. The molecule has 0 aliphatic heterocycles. The topological polar surface area (TPSA) is 34.1 Å². The number of fused-ring (bicyclic) bond motifs is 3. The van der Waals surface area contributed by atoms with E-state index in [-0.39, 0.29) is 10.2 Å². The second-order valence-electron chi connectivity index (χ2n) is 7.26. The summed E-state index contributed by atoms with van der Waals surface area (Å²) >= 11 is 2.26. The molecular formula is C28H18O2S2. The lowest BCUT2D eigenvalue weighted by molar-refractivity contribution is 0.108. The molecule has 0 N–H and O–H groups in total. The van der Waals surface area contributed by atoms with Crippen LogP contribution in [0, 0.1) is 0 Å². The van der Waals surface area contributed by atoms with Crippen molar-refractivity contribution in [2.24, 2.45) is 0 Å². The van der Waals surface area contributed by atoms with Crippen molar-refractivity contribution in [2.45, 2.75) is 0 Å². The Morgan fingerprint density at radius 2 is 0.781 bits per heavy atom. The Balaban J connectivity index is 1.65. The van der Waals surface area contributed by atoms with Gasteiger partial charge in [-0.2, -0.15) is 0 Å². The Bertz CT molecular complexity index is 1240. The minimum absolute atomic E-state index is 0.0803. The number of hydrogen-bond donors (Lipinski definition) is 0. The quantitative estimate of drug-likeness (QED) is 0.283. The number of hydrogen-bond acceptors (Lipinski definition) is 4. The van der Waals surface area contributed by atoms with E-state index in [0.717, 1.165) is 51.4 Å². The van der Waals surface area contributed by atoms with Gasteiger partial charge >= 0.3 is 0 Å². The van der Waals surface area contributed by atoms with Crippen LogP contribution in [0.25, 0.3) is 16.7 Å². The van der Waals surface area contributed by atoms with Crippen molar-refractivity contribution in [2.75, 3.05) is 0 Å². The molecule has 1 aliphatic rings. The Kier molecular flexibility index (Phi) is 5.80. The Morgan fingerprint density at radius 3 is 1.19 bits per heavy atom. The monoisotopic (exact) mass is 450 g/mol. The predicted molar refractivity (Wildman–Crippen MR) is 135 cm³/mol. The maximum absolute atomic E-state index is 13.2. The molecule has 0 saturated carbocycles. The van der Waals surface area contributed by atoms with Gasteiger partial charge in [0.15, 0.2) is 0 Å². The first-order valence-corrected chi connectivity index (χ1v) is 11.8. The van der Waals surface area contributed by atoms with Crippen LogP contribution in [-0.4, -0.2) is 10.2 Å². The van der Waals surface area contributed by atoms with E-state index >= 15 is 0 Å². The molecule has 4 heteroatoms. The van der Waals surface area contributed by atoms with Crippen molar-refractivity contribution in [3.63, 3.8) is 0 Å². The number of benzene rings is 4. The van der Waals surface area contributed by atoms with Crippen molar-refractivity contribution in [1.29, 1.82) is 0 Å². The van der Waals surface area contributed by atoms with Gasteiger partial charge in [0.2, 0.25) is 10.2 Å². The van der Waals surface area contributed by atoms with Crippen molar-refractivity contribution < 1.29 is 9.59 Å². The predicted octanol–water partition coefficient (Wildman–Crippen LogP) is 7.53. The first-order chi connectivity index (χ1) is 15.7. The van der Waals surface area contributed by atoms with Crippen LogP contribution < -0.4 is 0 Å². The van der Waals surface area contributed by atoms with Gasteiger partial charge in [-0.25, -0.2) is 0 Å². The van der Waals surface area contributed by atoms with E-state index in [1.165, 1.54) is 0 Å². The summed E-state index contributed by atoms with van der Waals surface area (Å²) in [5.41, 5.74) is 6.51. The second kappa shape index (κ2) is 9.03. The lowest BCUT2D eigenvalue weighted by Crippen LogP contribution is -1.99. The molecule has 32 heavy (non-hydrogen) atoms. The molecule has 4 aromatic carbocycles. The largest absolute Gasteiger partial charge is 0.281 e. The molecule has 154 valence electrons. The number of rotatable bonds is 4. The number of carbonyl (C=O) groups is 2. The third kappa shape index (κ3) is 3.95. The fourth-order valence-electron chi connectivity index (χ4n) is 3.79. The molecule has 0 amide bonds. The summed E-state index contributed by atoms with van der Waals surface area (Å²) in [6, 6.07) is 34.7. The van der Waals surface area contributed by atoms with E-state index in [2.05, 4.69) is 24.3 Å². The van der Waals surface area contributed by atoms with Crippen LogP contribution in [0.15, 0.2) is 113 Å². The van der Waals surface area contributed by atoms with Crippen LogP contribution in [0.4, 0.5) is 0 Å². The molecule has 5 rings (SSSR count). The molecule has 0 radical (unpaired) electrons. The zero-order valence-electron chi connectivity index (χ0n) is 17.0. The van der Waals surface area contributed by atoms with Gasteiger partial charge in [-0.15, -0.1) is 0 Å². The van der Waals surface area contributed by atoms with Gasteiger partial charge in [-0.3, -0.25) is 9.59 Å². The molecule has 0 saturated heterocycles. The average Bonchev–Trinajstić information content (AvgIpc) is 3.19. The maximum atomic E-state index is 13.2. The van der Waals surface area contributed by atoms with Crippen molar-refractivity contribution in [3.8, 4) is 11.1 Å². The molecule has 0 bridgehead atoms. The molecule has 1 aliphatic carbocycles. The van der Waals surface area contributed by atoms with Crippen LogP contribution >= 0.6 is 23.5 Å².